The van der Waals surface area contributed by atoms with Crippen molar-refractivity contribution in [2.24, 2.45) is 0 Å². The zero-order chi connectivity index (χ0) is 18.1. The second kappa shape index (κ2) is 9.87. The number of hydrogen-bond donors (Lipinski definition) is 3. The molecule has 0 radical (unpaired) electrons. The summed E-state index contributed by atoms with van der Waals surface area (Å²) in [6.07, 6.45) is 0.456. The molecule has 0 spiro atoms. The average Bonchev–Trinajstić information content (AvgIpc) is 2.53. The van der Waals surface area contributed by atoms with E-state index in [0.29, 0.717) is 6.54 Å². The van der Waals surface area contributed by atoms with E-state index in [4.69, 9.17) is 14.7 Å². The van der Waals surface area contributed by atoms with Gasteiger partial charge in [-0.15, -0.1) is 0 Å². The Bertz CT molecular complexity index is 562. The van der Waals surface area contributed by atoms with Gasteiger partial charge in [0.2, 0.25) is 11.8 Å². The van der Waals surface area contributed by atoms with Gasteiger partial charge in [-0.1, -0.05) is 36.4 Å². The lowest BCUT2D eigenvalue weighted by Gasteiger charge is -2.23. The fourth-order valence-electron chi connectivity index (χ4n) is 2.09. The van der Waals surface area contributed by atoms with Gasteiger partial charge in [-0.3, -0.25) is 9.59 Å². The fraction of sp³-hybridized carbons (Fsp3) is 0.375. The molecule has 2 amide bonds. The van der Waals surface area contributed by atoms with E-state index in [1.807, 2.05) is 31.2 Å². The van der Waals surface area contributed by atoms with Gasteiger partial charge in [-0.25, -0.2) is 0 Å². The molecule has 0 saturated carbocycles. The summed E-state index contributed by atoms with van der Waals surface area (Å²) in [7, 11) is -2.02. The Morgan fingerprint density at radius 3 is 2.50 bits per heavy atom. The number of benzene rings is 1. The van der Waals surface area contributed by atoms with Crippen molar-refractivity contribution in [3.63, 3.8) is 0 Å². The number of rotatable bonds is 9. The average molecular weight is 334 g/mol. The minimum absolute atomic E-state index is 0.170. The number of aryl methyl sites for hydroxylation is 1. The molecule has 130 valence electrons. The third kappa shape index (κ3) is 6.95. The van der Waals surface area contributed by atoms with Gasteiger partial charge in [0.15, 0.2) is 0 Å². The standard InChI is InChI=1S/C16H23BN2O5/c1-4-16(21)19(5-2)11-14(20)18-15(24-17(22)23)10-13-8-6-12(3)7-9-13/h4,6-9,15,22-23H,1,5,10-11H2,2-3H3,(H,18,20)/t15-/m1/s1. The lowest BCUT2D eigenvalue weighted by molar-refractivity contribution is -0.133. The number of nitrogens with zero attached hydrogens (tertiary/aromatic N) is 1. The van der Waals surface area contributed by atoms with Crippen molar-refractivity contribution < 1.29 is 24.3 Å². The van der Waals surface area contributed by atoms with E-state index >= 15 is 0 Å². The van der Waals surface area contributed by atoms with Crippen LogP contribution < -0.4 is 5.32 Å². The Labute approximate surface area is 142 Å². The maximum atomic E-state index is 12.1. The molecule has 0 fully saturated rings. The molecule has 0 aliphatic carbocycles. The van der Waals surface area contributed by atoms with Crippen molar-refractivity contribution in [1.29, 1.82) is 0 Å². The first kappa shape index (κ1) is 19.9. The second-order valence-electron chi connectivity index (χ2n) is 5.26. The Kier molecular flexibility index (Phi) is 8.18. The highest BCUT2D eigenvalue weighted by molar-refractivity contribution is 6.32. The first-order valence-corrected chi connectivity index (χ1v) is 7.63. The van der Waals surface area contributed by atoms with Crippen LogP contribution >= 0.6 is 0 Å². The van der Waals surface area contributed by atoms with Crippen molar-refractivity contribution in [1.82, 2.24) is 10.2 Å². The molecular weight excluding hydrogens is 311 g/mol. The summed E-state index contributed by atoms with van der Waals surface area (Å²) in [5.41, 5.74) is 1.95. The zero-order valence-corrected chi connectivity index (χ0v) is 13.9. The fourth-order valence-corrected chi connectivity index (χ4v) is 2.09. The molecule has 7 nitrogen and oxygen atoms in total. The number of carbonyl (C=O) groups excluding carboxylic acids is 2. The molecule has 3 N–H and O–H groups in total. The molecule has 1 rings (SSSR count). The third-order valence-corrected chi connectivity index (χ3v) is 3.35. The van der Waals surface area contributed by atoms with Gasteiger partial charge >= 0.3 is 7.32 Å². The Hall–Kier alpha value is -2.16. The van der Waals surface area contributed by atoms with Crippen LogP contribution in [0.3, 0.4) is 0 Å². The summed E-state index contributed by atoms with van der Waals surface area (Å²) in [4.78, 5) is 25.0. The van der Waals surface area contributed by atoms with E-state index in [0.717, 1.165) is 17.2 Å². The van der Waals surface area contributed by atoms with Gasteiger partial charge in [-0.2, -0.15) is 0 Å². The predicted molar refractivity (Wildman–Crippen MR) is 90.5 cm³/mol. The van der Waals surface area contributed by atoms with Crippen molar-refractivity contribution in [2.75, 3.05) is 13.1 Å². The molecule has 0 bridgehead atoms. The van der Waals surface area contributed by atoms with E-state index in [1.165, 1.54) is 4.90 Å². The Morgan fingerprint density at radius 2 is 2.00 bits per heavy atom. The van der Waals surface area contributed by atoms with Crippen LogP contribution in [0.25, 0.3) is 0 Å². The van der Waals surface area contributed by atoms with E-state index in [-0.39, 0.29) is 18.9 Å². The van der Waals surface area contributed by atoms with Crippen LogP contribution in [0.5, 0.6) is 0 Å². The lowest BCUT2D eigenvalue weighted by Crippen LogP contribution is -2.47. The minimum atomic E-state index is -2.02. The largest absolute Gasteiger partial charge is 0.635 e. The van der Waals surface area contributed by atoms with Gasteiger partial charge in [0.25, 0.3) is 0 Å². The smallest absolute Gasteiger partial charge is 0.402 e. The van der Waals surface area contributed by atoms with E-state index < -0.39 is 19.5 Å². The maximum Gasteiger partial charge on any atom is 0.635 e. The highest BCUT2D eigenvalue weighted by Crippen LogP contribution is 2.07. The molecule has 0 saturated heterocycles. The van der Waals surface area contributed by atoms with Crippen LogP contribution in [-0.2, 0) is 20.7 Å². The summed E-state index contributed by atoms with van der Waals surface area (Å²) in [6, 6.07) is 7.54. The van der Waals surface area contributed by atoms with Crippen LogP contribution in [0.1, 0.15) is 18.1 Å². The molecule has 1 aromatic carbocycles. The molecule has 0 aromatic heterocycles. The quantitative estimate of drug-likeness (QED) is 0.335. The van der Waals surface area contributed by atoms with Crippen molar-refractivity contribution in [3.05, 3.63) is 48.0 Å². The molecule has 0 unspecified atom stereocenters. The van der Waals surface area contributed by atoms with Gasteiger partial charge < -0.3 is 24.9 Å². The Morgan fingerprint density at radius 1 is 1.38 bits per heavy atom. The predicted octanol–water partition coefficient (Wildman–Crippen LogP) is 0.000420. The first-order valence-electron chi connectivity index (χ1n) is 7.63. The molecule has 1 aromatic rings. The van der Waals surface area contributed by atoms with Crippen molar-refractivity contribution >= 4 is 19.1 Å². The molecule has 24 heavy (non-hydrogen) atoms. The topological polar surface area (TPSA) is 99.1 Å². The number of carbonyl (C=O) groups is 2. The van der Waals surface area contributed by atoms with Crippen molar-refractivity contribution in [3.8, 4) is 0 Å². The van der Waals surface area contributed by atoms with Gasteiger partial charge in [0.1, 0.15) is 6.23 Å². The van der Waals surface area contributed by atoms with E-state index in [1.54, 1.807) is 6.92 Å². The summed E-state index contributed by atoms with van der Waals surface area (Å²) < 4.78 is 4.91. The zero-order valence-electron chi connectivity index (χ0n) is 13.9. The lowest BCUT2D eigenvalue weighted by atomic mass is 10.1. The summed E-state index contributed by atoms with van der Waals surface area (Å²) in [6.45, 7) is 7.26. The molecule has 0 heterocycles. The minimum Gasteiger partial charge on any atom is -0.402 e. The third-order valence-electron chi connectivity index (χ3n) is 3.35. The number of hydrogen-bond acceptors (Lipinski definition) is 5. The molecule has 0 aliphatic rings. The number of likely N-dealkylation sites (N-methyl/N-ethyl adjacent to an activating group) is 1. The number of amides is 2. The van der Waals surface area contributed by atoms with E-state index in [9.17, 15) is 9.59 Å². The molecule has 1 atom stereocenters. The van der Waals surface area contributed by atoms with Crippen LogP contribution in [0.2, 0.25) is 0 Å². The number of nitrogens with one attached hydrogen (secondary N) is 1. The highest BCUT2D eigenvalue weighted by Gasteiger charge is 2.22. The van der Waals surface area contributed by atoms with Crippen LogP contribution in [0.15, 0.2) is 36.9 Å². The van der Waals surface area contributed by atoms with Crippen LogP contribution in [0.4, 0.5) is 0 Å². The van der Waals surface area contributed by atoms with Gasteiger partial charge in [0, 0.05) is 13.0 Å². The SMILES string of the molecule is C=CC(=O)N(CC)CC(=O)N[C@@H](Cc1ccc(C)cc1)OB(O)O. The molecular formula is C16H23BN2O5. The summed E-state index contributed by atoms with van der Waals surface area (Å²) in [5, 5.41) is 20.6. The highest BCUT2D eigenvalue weighted by atomic mass is 16.6. The second-order valence-corrected chi connectivity index (χ2v) is 5.26. The van der Waals surface area contributed by atoms with Crippen LogP contribution in [-0.4, -0.2) is 53.4 Å². The normalized spacial score (nSPS) is 11.5. The molecule has 8 heteroatoms. The van der Waals surface area contributed by atoms with Gasteiger partial charge in [0.05, 0.1) is 6.54 Å². The first-order chi connectivity index (χ1) is 11.3. The monoisotopic (exact) mass is 334 g/mol. The summed E-state index contributed by atoms with van der Waals surface area (Å²) >= 11 is 0. The van der Waals surface area contributed by atoms with Crippen LogP contribution in [0, 0.1) is 6.92 Å². The van der Waals surface area contributed by atoms with E-state index in [2.05, 4.69) is 11.9 Å². The summed E-state index contributed by atoms with van der Waals surface area (Å²) in [5.74, 6) is -0.823. The van der Waals surface area contributed by atoms with Gasteiger partial charge in [-0.05, 0) is 25.5 Å². The van der Waals surface area contributed by atoms with Crippen molar-refractivity contribution in [2.45, 2.75) is 26.5 Å². The molecule has 0 aliphatic heterocycles. The Balaban J connectivity index is 2.70. The maximum absolute atomic E-state index is 12.1.